The highest BCUT2D eigenvalue weighted by Crippen LogP contribution is 2.35. The number of carbonyl (C=O) groups excluding carboxylic acids is 1. The molecule has 3 rings (SSSR count). The third kappa shape index (κ3) is 4.21. The van der Waals surface area contributed by atoms with Crippen molar-refractivity contribution < 1.29 is 9.90 Å². The van der Waals surface area contributed by atoms with Gasteiger partial charge in [0.1, 0.15) is 0 Å². The van der Waals surface area contributed by atoms with E-state index in [1.54, 1.807) is 6.92 Å². The normalized spacial score (nSPS) is 17.9. The maximum absolute atomic E-state index is 12.8. The van der Waals surface area contributed by atoms with Gasteiger partial charge in [-0.2, -0.15) is 0 Å². The van der Waals surface area contributed by atoms with Crippen molar-refractivity contribution in [2.24, 2.45) is 0 Å². The Labute approximate surface area is 153 Å². The predicted molar refractivity (Wildman–Crippen MR) is 99.7 cm³/mol. The molecule has 2 N–H and O–H groups in total. The highest BCUT2D eigenvalue weighted by atomic mass is 35.5. The Kier molecular flexibility index (Phi) is 5.74. The minimum atomic E-state index is -0.474. The van der Waals surface area contributed by atoms with E-state index in [2.05, 4.69) is 17.4 Å². The lowest BCUT2D eigenvalue weighted by Crippen LogP contribution is -2.45. The van der Waals surface area contributed by atoms with E-state index < -0.39 is 6.10 Å². The molecular formula is C20H23ClN2O2. The molecule has 2 atom stereocenters. The zero-order chi connectivity index (χ0) is 17.8. The Balaban J connectivity index is 1.90. The van der Waals surface area contributed by atoms with Crippen LogP contribution in [0.2, 0.25) is 5.02 Å². The molecule has 132 valence electrons. The molecule has 2 aromatic carbocycles. The zero-order valence-electron chi connectivity index (χ0n) is 14.3. The molecule has 25 heavy (non-hydrogen) atoms. The molecule has 0 radical (unpaired) electrons. The molecular weight excluding hydrogens is 336 g/mol. The highest BCUT2D eigenvalue weighted by molar-refractivity contribution is 6.30. The van der Waals surface area contributed by atoms with Crippen LogP contribution in [-0.2, 0) is 11.2 Å². The summed E-state index contributed by atoms with van der Waals surface area (Å²) in [6, 6.07) is 15.8. The molecule has 1 heterocycles. The van der Waals surface area contributed by atoms with Crippen LogP contribution >= 0.6 is 11.6 Å². The predicted octanol–water partition coefficient (Wildman–Crippen LogP) is 2.78. The van der Waals surface area contributed by atoms with Gasteiger partial charge in [0.05, 0.1) is 18.7 Å². The second-order valence-electron chi connectivity index (χ2n) is 6.47. The number of benzene rings is 2. The Morgan fingerprint density at radius 1 is 1.32 bits per heavy atom. The van der Waals surface area contributed by atoms with E-state index in [9.17, 15) is 9.90 Å². The monoisotopic (exact) mass is 358 g/mol. The number of hydrogen-bond acceptors (Lipinski definition) is 3. The van der Waals surface area contributed by atoms with E-state index in [1.165, 1.54) is 5.56 Å². The molecule has 0 spiro atoms. The fourth-order valence-electron chi connectivity index (χ4n) is 3.36. The van der Waals surface area contributed by atoms with Gasteiger partial charge in [-0.25, -0.2) is 0 Å². The number of nitrogens with zero attached hydrogens (tertiary/aromatic N) is 1. The maximum Gasteiger partial charge on any atom is 0.237 e. The molecule has 4 nitrogen and oxygen atoms in total. The number of rotatable bonds is 5. The summed E-state index contributed by atoms with van der Waals surface area (Å²) in [5.74, 6) is 0.0279. The lowest BCUT2D eigenvalue weighted by atomic mass is 9.88. The van der Waals surface area contributed by atoms with Crippen molar-refractivity contribution in [3.05, 3.63) is 70.2 Å². The van der Waals surface area contributed by atoms with Crippen LogP contribution in [0, 0.1) is 0 Å². The first kappa shape index (κ1) is 17.9. The van der Waals surface area contributed by atoms with Gasteiger partial charge in [-0.05, 0) is 42.2 Å². The third-order valence-corrected chi connectivity index (χ3v) is 4.72. The van der Waals surface area contributed by atoms with Crippen LogP contribution in [0.3, 0.4) is 0 Å². The van der Waals surface area contributed by atoms with Crippen molar-refractivity contribution in [1.82, 2.24) is 10.2 Å². The molecule has 0 saturated heterocycles. The first-order valence-electron chi connectivity index (χ1n) is 8.58. The molecule has 1 aliphatic rings. The summed E-state index contributed by atoms with van der Waals surface area (Å²) in [6.07, 6.45) is 0.369. The Hall–Kier alpha value is -1.88. The van der Waals surface area contributed by atoms with Crippen molar-refractivity contribution in [2.45, 2.75) is 25.5 Å². The van der Waals surface area contributed by atoms with E-state index in [0.29, 0.717) is 18.1 Å². The Bertz CT molecular complexity index is 748. The number of fused-ring (bicyclic) bond motifs is 1. The molecule has 2 aromatic rings. The maximum atomic E-state index is 12.8. The smallest absolute Gasteiger partial charge is 0.237 e. The molecule has 0 saturated carbocycles. The Morgan fingerprint density at radius 3 is 2.88 bits per heavy atom. The molecule has 0 aromatic heterocycles. The van der Waals surface area contributed by atoms with Gasteiger partial charge >= 0.3 is 0 Å². The average molecular weight is 359 g/mol. The van der Waals surface area contributed by atoms with Crippen molar-refractivity contribution in [1.29, 1.82) is 0 Å². The molecule has 5 heteroatoms. The standard InChI is InChI=1S/C20H23ClN2O2/c1-14(24)12-22-13-19(25)23-10-9-15-5-2-3-8-18(15)20(23)16-6-4-7-17(21)11-16/h2-8,11,14,20,22,24H,9-10,12-13H2,1H3/t14-,20?/m1/s1. The number of nitrogens with one attached hydrogen (secondary N) is 1. The highest BCUT2D eigenvalue weighted by Gasteiger charge is 2.31. The van der Waals surface area contributed by atoms with Crippen LogP contribution in [0.4, 0.5) is 0 Å². The van der Waals surface area contributed by atoms with Crippen molar-refractivity contribution in [2.75, 3.05) is 19.6 Å². The average Bonchev–Trinajstić information content (AvgIpc) is 2.60. The summed E-state index contributed by atoms with van der Waals surface area (Å²) in [6.45, 7) is 2.98. The van der Waals surface area contributed by atoms with Crippen LogP contribution in [-0.4, -0.2) is 41.7 Å². The van der Waals surface area contributed by atoms with Gasteiger partial charge in [-0.3, -0.25) is 4.79 Å². The summed E-state index contributed by atoms with van der Waals surface area (Å²) >= 11 is 6.19. The Morgan fingerprint density at radius 2 is 2.12 bits per heavy atom. The van der Waals surface area contributed by atoms with E-state index >= 15 is 0 Å². The second-order valence-corrected chi connectivity index (χ2v) is 6.91. The van der Waals surface area contributed by atoms with Crippen LogP contribution in [0.5, 0.6) is 0 Å². The van der Waals surface area contributed by atoms with Gasteiger partial charge in [0.25, 0.3) is 0 Å². The number of carbonyl (C=O) groups is 1. The lowest BCUT2D eigenvalue weighted by molar-refractivity contribution is -0.132. The second kappa shape index (κ2) is 8.00. The first-order valence-corrected chi connectivity index (χ1v) is 8.95. The number of halogens is 1. The van der Waals surface area contributed by atoms with Crippen LogP contribution in [0.1, 0.15) is 29.7 Å². The van der Waals surface area contributed by atoms with Gasteiger partial charge in [0.2, 0.25) is 5.91 Å². The van der Waals surface area contributed by atoms with Gasteiger partial charge in [-0.15, -0.1) is 0 Å². The number of hydrogen-bond donors (Lipinski definition) is 2. The fraction of sp³-hybridized carbons (Fsp3) is 0.350. The molecule has 0 fully saturated rings. The van der Waals surface area contributed by atoms with E-state index in [-0.39, 0.29) is 18.5 Å². The van der Waals surface area contributed by atoms with Crippen LogP contribution < -0.4 is 5.32 Å². The minimum Gasteiger partial charge on any atom is -0.392 e. The van der Waals surface area contributed by atoms with Crippen LogP contribution in [0.15, 0.2) is 48.5 Å². The van der Waals surface area contributed by atoms with E-state index in [4.69, 9.17) is 11.6 Å². The summed E-state index contributed by atoms with van der Waals surface area (Å²) in [5.41, 5.74) is 3.44. The molecule has 1 amide bonds. The number of aliphatic hydroxyl groups is 1. The van der Waals surface area contributed by atoms with E-state index in [0.717, 1.165) is 17.5 Å². The van der Waals surface area contributed by atoms with Gasteiger partial charge < -0.3 is 15.3 Å². The summed E-state index contributed by atoms with van der Waals surface area (Å²) in [7, 11) is 0. The van der Waals surface area contributed by atoms with Gasteiger partial charge in [0.15, 0.2) is 0 Å². The van der Waals surface area contributed by atoms with E-state index in [1.807, 2.05) is 41.3 Å². The quantitative estimate of drug-likeness (QED) is 0.864. The topological polar surface area (TPSA) is 52.6 Å². The molecule has 1 unspecified atom stereocenters. The SMILES string of the molecule is C[C@@H](O)CNCC(=O)N1CCc2ccccc2C1c1cccc(Cl)c1. The molecule has 0 aliphatic carbocycles. The zero-order valence-corrected chi connectivity index (χ0v) is 15.0. The molecule has 0 bridgehead atoms. The summed E-state index contributed by atoms with van der Waals surface area (Å²) in [5, 5.41) is 13.1. The van der Waals surface area contributed by atoms with Gasteiger partial charge in [0, 0.05) is 18.1 Å². The largest absolute Gasteiger partial charge is 0.392 e. The molecule has 1 aliphatic heterocycles. The van der Waals surface area contributed by atoms with Gasteiger partial charge in [-0.1, -0.05) is 48.0 Å². The number of amides is 1. The summed E-state index contributed by atoms with van der Waals surface area (Å²) in [4.78, 5) is 14.7. The fourth-order valence-corrected chi connectivity index (χ4v) is 3.56. The third-order valence-electron chi connectivity index (χ3n) is 4.48. The first-order chi connectivity index (χ1) is 12.1. The van der Waals surface area contributed by atoms with Crippen molar-refractivity contribution in [3.63, 3.8) is 0 Å². The minimum absolute atomic E-state index is 0.0279. The van der Waals surface area contributed by atoms with Crippen LogP contribution in [0.25, 0.3) is 0 Å². The van der Waals surface area contributed by atoms with Crippen molar-refractivity contribution >= 4 is 17.5 Å². The summed E-state index contributed by atoms with van der Waals surface area (Å²) < 4.78 is 0. The number of aliphatic hydroxyl groups excluding tert-OH is 1. The lowest BCUT2D eigenvalue weighted by Gasteiger charge is -2.38. The van der Waals surface area contributed by atoms with Crippen molar-refractivity contribution in [3.8, 4) is 0 Å².